The Bertz CT molecular complexity index is 1910. The minimum Gasteiger partial charge on any atom is -0.507 e. The fourth-order valence-electron chi connectivity index (χ4n) is 4.94. The van der Waals surface area contributed by atoms with E-state index < -0.39 is 0 Å². The number of aromatic hydroxyl groups is 2. The van der Waals surface area contributed by atoms with Crippen molar-refractivity contribution in [3.63, 3.8) is 0 Å². The largest absolute Gasteiger partial charge is 0.507 e. The summed E-state index contributed by atoms with van der Waals surface area (Å²) in [5.41, 5.74) is 2.65. The lowest BCUT2D eigenvalue weighted by Crippen LogP contribution is -1.97. The molecule has 0 radical (unpaired) electrons. The monoisotopic (exact) mass is 420 g/mol. The van der Waals surface area contributed by atoms with Crippen LogP contribution < -0.4 is 15.5 Å². The second-order valence-corrected chi connectivity index (χ2v) is 8.17. The summed E-state index contributed by atoms with van der Waals surface area (Å²) in [5.74, 6) is 0.872. The number of benzene rings is 4. The van der Waals surface area contributed by atoms with Gasteiger partial charge in [0.05, 0.1) is 23.0 Å². The van der Waals surface area contributed by atoms with Gasteiger partial charge in [-0.05, 0) is 42.8 Å². The molecule has 0 amide bonds. The highest BCUT2D eigenvalue weighted by Crippen LogP contribution is 2.41. The third-order valence-corrected chi connectivity index (χ3v) is 6.41. The van der Waals surface area contributed by atoms with Gasteiger partial charge in [0.2, 0.25) is 0 Å². The van der Waals surface area contributed by atoms with Crippen LogP contribution in [0.5, 0.6) is 17.2 Å². The highest BCUT2D eigenvalue weighted by molar-refractivity contribution is 5.65. The molecule has 5 nitrogen and oxygen atoms in total. The summed E-state index contributed by atoms with van der Waals surface area (Å²) >= 11 is 0. The van der Waals surface area contributed by atoms with Crippen molar-refractivity contribution < 1.29 is 14.9 Å². The molecule has 0 saturated heterocycles. The van der Waals surface area contributed by atoms with E-state index in [0.717, 1.165) is 42.8 Å². The Hall–Kier alpha value is -4.12. The fraction of sp³-hybridized carbons (Fsp3) is 0.111. The lowest BCUT2D eigenvalue weighted by atomic mass is 9.99. The molecule has 2 N–H and O–H groups in total. The van der Waals surface area contributed by atoms with E-state index in [2.05, 4.69) is 4.99 Å². The molecule has 5 heteroatoms. The number of hydrogen-bond acceptors (Lipinski definition) is 5. The normalized spacial score (nSPS) is 13.5. The van der Waals surface area contributed by atoms with Gasteiger partial charge in [-0.15, -0.1) is 0 Å². The summed E-state index contributed by atoms with van der Waals surface area (Å²) in [6, 6.07) is 17.4. The van der Waals surface area contributed by atoms with E-state index in [1.54, 1.807) is 7.11 Å². The molecular weight excluding hydrogens is 400 g/mol. The molecule has 4 aromatic rings. The van der Waals surface area contributed by atoms with Gasteiger partial charge in [-0.3, -0.25) is 0 Å². The highest BCUT2D eigenvalue weighted by Gasteiger charge is 2.20. The Morgan fingerprint density at radius 1 is 0.688 bits per heavy atom. The number of fused-ring (bicyclic) bond motifs is 4. The van der Waals surface area contributed by atoms with Crippen LogP contribution in [-0.2, 0) is 0 Å². The van der Waals surface area contributed by atoms with Crippen LogP contribution in [0.2, 0.25) is 0 Å². The van der Waals surface area contributed by atoms with Crippen molar-refractivity contribution in [2.24, 2.45) is 9.98 Å². The van der Waals surface area contributed by atoms with Gasteiger partial charge in [-0.25, -0.2) is 9.98 Å². The third-order valence-electron chi connectivity index (χ3n) is 6.41. The first-order chi connectivity index (χ1) is 15.5. The van der Waals surface area contributed by atoms with E-state index in [9.17, 15) is 10.2 Å². The van der Waals surface area contributed by atoms with Crippen molar-refractivity contribution in [2.75, 3.05) is 7.11 Å². The molecular formula is C27H20N2O3. The van der Waals surface area contributed by atoms with Crippen molar-refractivity contribution in [1.29, 1.82) is 0 Å². The topological polar surface area (TPSA) is 74.4 Å². The van der Waals surface area contributed by atoms with E-state index in [4.69, 9.17) is 9.73 Å². The number of phenolic OH excluding ortho intramolecular Hbond substituents is 2. The highest BCUT2D eigenvalue weighted by atomic mass is 16.5. The minimum atomic E-state index is 0.0614. The zero-order valence-electron chi connectivity index (χ0n) is 17.9. The molecule has 0 aromatic heterocycles. The predicted octanol–water partition coefficient (Wildman–Crippen LogP) is 4.11. The maximum absolute atomic E-state index is 11.5. The van der Waals surface area contributed by atoms with E-state index in [1.165, 1.54) is 0 Å². The molecule has 6 rings (SSSR count). The number of nitrogens with zero attached hydrogens (tertiary/aromatic N) is 2. The number of phenols is 2. The molecule has 0 atom stereocenters. The van der Waals surface area contributed by atoms with E-state index in [1.807, 2.05) is 68.4 Å². The summed E-state index contributed by atoms with van der Waals surface area (Å²) in [6.07, 6.45) is 0. The molecule has 0 saturated carbocycles. The van der Waals surface area contributed by atoms with Gasteiger partial charge in [0.15, 0.2) is 0 Å². The Labute approximate surface area is 182 Å². The van der Waals surface area contributed by atoms with Gasteiger partial charge < -0.3 is 14.9 Å². The van der Waals surface area contributed by atoms with Crippen LogP contribution in [-0.4, -0.2) is 17.3 Å². The first-order valence-electron chi connectivity index (χ1n) is 10.4. The lowest BCUT2D eigenvalue weighted by Gasteiger charge is -2.11. The van der Waals surface area contributed by atoms with Crippen LogP contribution in [0.25, 0.3) is 0 Å². The number of para-hydroxylation sites is 2. The quantitative estimate of drug-likeness (QED) is 0.393. The van der Waals surface area contributed by atoms with Crippen molar-refractivity contribution in [3.05, 3.63) is 108 Å². The number of hydrogen-bond donors (Lipinski definition) is 2. The molecule has 0 fully saturated rings. The molecule has 32 heavy (non-hydrogen) atoms. The average Bonchev–Trinajstić information content (AvgIpc) is 3.38. The standard InChI is InChI=1S/C27H20N2O3/c1-13-12-19(32-3)24-22(15-8-4-6-10-17(15)28-24)20(13)21-14(2)26(30)23-16-9-5-7-11-18(16)29-25(23)27(21)31/h4-12,30-31H,1-3H3/b21-20+. The number of aryl methyl sites for hydroxylation is 1. The summed E-state index contributed by atoms with van der Waals surface area (Å²) in [4.78, 5) is 9.45. The maximum Gasteiger partial charge on any atom is 0.150 e. The van der Waals surface area contributed by atoms with Gasteiger partial charge in [-0.1, -0.05) is 36.4 Å². The molecule has 0 aliphatic carbocycles. The first-order valence-corrected chi connectivity index (χ1v) is 10.4. The molecule has 2 aliphatic heterocycles. The molecule has 156 valence electrons. The number of ether oxygens (including phenoxy) is 1. The van der Waals surface area contributed by atoms with Gasteiger partial charge in [0, 0.05) is 26.4 Å². The van der Waals surface area contributed by atoms with Crippen molar-refractivity contribution in [1.82, 2.24) is 0 Å². The second-order valence-electron chi connectivity index (χ2n) is 8.17. The van der Waals surface area contributed by atoms with Gasteiger partial charge in [0.25, 0.3) is 0 Å². The molecule has 2 aliphatic rings. The molecule has 0 spiro atoms. The Balaban J connectivity index is 2.01. The zero-order valence-corrected chi connectivity index (χ0v) is 17.9. The fourth-order valence-corrected chi connectivity index (χ4v) is 4.94. The Morgan fingerprint density at radius 2 is 1.28 bits per heavy atom. The Morgan fingerprint density at radius 3 is 1.94 bits per heavy atom. The van der Waals surface area contributed by atoms with Crippen LogP contribution in [0.15, 0.2) is 64.6 Å². The molecule has 0 unspecified atom stereocenters. The molecule has 0 bridgehead atoms. The van der Waals surface area contributed by atoms with Gasteiger partial charge in [0.1, 0.15) is 28.6 Å². The van der Waals surface area contributed by atoms with Crippen molar-refractivity contribution >= 4 is 11.4 Å². The van der Waals surface area contributed by atoms with Crippen LogP contribution in [0, 0.1) is 45.2 Å². The van der Waals surface area contributed by atoms with Crippen molar-refractivity contribution in [2.45, 2.75) is 13.8 Å². The maximum atomic E-state index is 11.5. The number of methoxy groups -OCH3 is 1. The lowest BCUT2D eigenvalue weighted by molar-refractivity contribution is 0.415. The van der Waals surface area contributed by atoms with Gasteiger partial charge in [-0.2, -0.15) is 0 Å². The molecule has 2 heterocycles. The van der Waals surface area contributed by atoms with Crippen molar-refractivity contribution in [3.8, 4) is 17.2 Å². The molecule has 4 aromatic carbocycles. The van der Waals surface area contributed by atoms with Crippen LogP contribution in [0.3, 0.4) is 0 Å². The van der Waals surface area contributed by atoms with E-state index in [-0.39, 0.29) is 11.5 Å². The second kappa shape index (κ2) is 6.44. The zero-order chi connectivity index (χ0) is 22.1. The smallest absolute Gasteiger partial charge is 0.150 e. The van der Waals surface area contributed by atoms with E-state index in [0.29, 0.717) is 27.4 Å². The average molecular weight is 420 g/mol. The van der Waals surface area contributed by atoms with Crippen LogP contribution in [0.1, 0.15) is 11.1 Å². The third kappa shape index (κ3) is 2.28. The van der Waals surface area contributed by atoms with Crippen LogP contribution >= 0.6 is 0 Å². The summed E-state index contributed by atoms with van der Waals surface area (Å²) in [5, 5.41) is 29.0. The number of rotatable bonds is 1. The summed E-state index contributed by atoms with van der Waals surface area (Å²) in [6.45, 7) is 3.81. The Kier molecular flexibility index (Phi) is 3.75. The minimum absolute atomic E-state index is 0.0614. The van der Waals surface area contributed by atoms with E-state index >= 15 is 0 Å². The predicted molar refractivity (Wildman–Crippen MR) is 120 cm³/mol. The van der Waals surface area contributed by atoms with Crippen LogP contribution in [0.4, 0.5) is 11.4 Å². The SMILES string of the molecule is COc1cc(C)/c(=c2/c(C)c(O)c3c(c2O)N=c2ccccc2=3)c2c1N=c1ccccc1=2. The summed E-state index contributed by atoms with van der Waals surface area (Å²) in [7, 11) is 1.63. The first kappa shape index (κ1) is 18.6. The summed E-state index contributed by atoms with van der Waals surface area (Å²) < 4.78 is 5.64. The van der Waals surface area contributed by atoms with Gasteiger partial charge >= 0.3 is 0 Å².